The van der Waals surface area contributed by atoms with Crippen LogP contribution in [0.4, 0.5) is 0 Å². The van der Waals surface area contributed by atoms with Gasteiger partial charge < -0.3 is 15.2 Å². The van der Waals surface area contributed by atoms with Crippen molar-refractivity contribution >= 4 is 0 Å². The summed E-state index contributed by atoms with van der Waals surface area (Å²) in [6.45, 7) is 2.44. The highest BCUT2D eigenvalue weighted by Gasteiger charge is 2.09. The molecule has 1 aromatic carbocycles. The van der Waals surface area contributed by atoms with E-state index in [4.69, 9.17) is 15.2 Å². The fourth-order valence-electron chi connectivity index (χ4n) is 2.02. The molecule has 0 amide bonds. The van der Waals surface area contributed by atoms with Gasteiger partial charge in [0.25, 0.3) is 0 Å². The number of hydrogen-bond donors (Lipinski definition) is 1. The summed E-state index contributed by atoms with van der Waals surface area (Å²) in [4.78, 5) is 0. The van der Waals surface area contributed by atoms with E-state index < -0.39 is 0 Å². The van der Waals surface area contributed by atoms with E-state index in [9.17, 15) is 0 Å². The monoisotopic (exact) mass is 290 g/mol. The van der Waals surface area contributed by atoms with Crippen molar-refractivity contribution in [3.05, 3.63) is 35.7 Å². The quantitative estimate of drug-likeness (QED) is 0.839. The van der Waals surface area contributed by atoms with Crippen LogP contribution in [0.15, 0.2) is 24.4 Å². The number of rotatable bonds is 7. The van der Waals surface area contributed by atoms with Crippen molar-refractivity contribution < 1.29 is 9.47 Å². The van der Waals surface area contributed by atoms with Crippen LogP contribution in [0.25, 0.3) is 0 Å². The normalized spacial score (nSPS) is 12.2. The van der Waals surface area contributed by atoms with Gasteiger partial charge in [-0.25, -0.2) is 0 Å². The van der Waals surface area contributed by atoms with Crippen molar-refractivity contribution in [1.82, 2.24) is 15.0 Å². The summed E-state index contributed by atoms with van der Waals surface area (Å²) in [5.74, 6) is 1.40. The maximum Gasteiger partial charge on any atom is 0.161 e. The van der Waals surface area contributed by atoms with Crippen LogP contribution in [0.3, 0.4) is 0 Å². The van der Waals surface area contributed by atoms with Gasteiger partial charge in [0.2, 0.25) is 0 Å². The second-order valence-electron chi connectivity index (χ2n) is 5.03. The van der Waals surface area contributed by atoms with E-state index in [2.05, 4.69) is 17.2 Å². The lowest BCUT2D eigenvalue weighted by molar-refractivity contribution is 0.280. The lowest BCUT2D eigenvalue weighted by atomic mass is 10.0. The average Bonchev–Trinajstić information content (AvgIpc) is 2.91. The van der Waals surface area contributed by atoms with Crippen LogP contribution in [0.5, 0.6) is 11.5 Å². The minimum atomic E-state index is 0.168. The molecule has 2 N–H and O–H groups in total. The Balaban J connectivity index is 2.05. The van der Waals surface area contributed by atoms with Gasteiger partial charge in [-0.15, -0.1) is 5.10 Å². The van der Waals surface area contributed by atoms with Gasteiger partial charge in [0.05, 0.1) is 13.3 Å². The molecule has 114 valence electrons. The van der Waals surface area contributed by atoms with E-state index in [1.165, 1.54) is 0 Å². The number of aromatic nitrogens is 3. The molecule has 0 aliphatic rings. The predicted molar refractivity (Wildman–Crippen MR) is 80.3 cm³/mol. The van der Waals surface area contributed by atoms with Gasteiger partial charge in [0.15, 0.2) is 11.5 Å². The lowest BCUT2D eigenvalue weighted by Crippen LogP contribution is -2.21. The van der Waals surface area contributed by atoms with Gasteiger partial charge in [0, 0.05) is 13.1 Å². The van der Waals surface area contributed by atoms with Crippen LogP contribution in [-0.4, -0.2) is 28.1 Å². The SMILES string of the molecule is CCC(N)Cc1ccc(OCc2cn(C)nn2)c(OC)c1. The van der Waals surface area contributed by atoms with E-state index in [-0.39, 0.29) is 6.04 Å². The second-order valence-corrected chi connectivity index (χ2v) is 5.03. The molecule has 0 aliphatic heterocycles. The van der Waals surface area contributed by atoms with E-state index >= 15 is 0 Å². The molecule has 6 heteroatoms. The van der Waals surface area contributed by atoms with Gasteiger partial charge in [-0.3, -0.25) is 4.68 Å². The zero-order valence-corrected chi connectivity index (χ0v) is 12.7. The van der Waals surface area contributed by atoms with Crippen LogP contribution in [0.1, 0.15) is 24.6 Å². The first kappa shape index (κ1) is 15.3. The molecule has 1 unspecified atom stereocenters. The van der Waals surface area contributed by atoms with Crippen molar-refractivity contribution in [2.45, 2.75) is 32.4 Å². The molecule has 1 heterocycles. The van der Waals surface area contributed by atoms with Gasteiger partial charge in [-0.1, -0.05) is 18.2 Å². The molecular weight excluding hydrogens is 268 g/mol. The Morgan fingerprint density at radius 1 is 1.33 bits per heavy atom. The third kappa shape index (κ3) is 4.19. The van der Waals surface area contributed by atoms with E-state index in [1.807, 2.05) is 31.4 Å². The summed E-state index contributed by atoms with van der Waals surface area (Å²) in [5.41, 5.74) is 7.90. The fourth-order valence-corrected chi connectivity index (χ4v) is 2.02. The Bertz CT molecular complexity index is 583. The molecule has 1 aromatic heterocycles. The topological polar surface area (TPSA) is 75.2 Å². The van der Waals surface area contributed by atoms with Crippen molar-refractivity contribution in [3.8, 4) is 11.5 Å². The van der Waals surface area contributed by atoms with Gasteiger partial charge in [-0.05, 0) is 30.5 Å². The molecule has 2 aromatic rings. The maximum absolute atomic E-state index is 5.98. The number of benzene rings is 1. The molecule has 0 radical (unpaired) electrons. The first-order valence-corrected chi connectivity index (χ1v) is 7.02. The number of methoxy groups -OCH3 is 1. The Morgan fingerprint density at radius 2 is 2.14 bits per heavy atom. The van der Waals surface area contributed by atoms with E-state index in [0.717, 1.165) is 24.1 Å². The highest BCUT2D eigenvalue weighted by Crippen LogP contribution is 2.29. The van der Waals surface area contributed by atoms with Crippen molar-refractivity contribution in [2.24, 2.45) is 12.8 Å². The Kier molecular flexibility index (Phi) is 5.16. The number of hydrogen-bond acceptors (Lipinski definition) is 5. The number of nitrogens with zero attached hydrogens (tertiary/aromatic N) is 3. The van der Waals surface area contributed by atoms with Gasteiger partial charge in [0.1, 0.15) is 12.3 Å². The zero-order chi connectivity index (χ0) is 15.2. The van der Waals surface area contributed by atoms with Crippen molar-refractivity contribution in [3.63, 3.8) is 0 Å². The van der Waals surface area contributed by atoms with Crippen LogP contribution < -0.4 is 15.2 Å². The summed E-state index contributed by atoms with van der Waals surface area (Å²) in [6.07, 6.45) is 3.60. The molecule has 0 bridgehead atoms. The van der Waals surface area contributed by atoms with E-state index in [1.54, 1.807) is 11.8 Å². The predicted octanol–water partition coefficient (Wildman–Crippen LogP) is 1.68. The summed E-state index contributed by atoms with van der Waals surface area (Å²) < 4.78 is 12.8. The van der Waals surface area contributed by atoms with Gasteiger partial charge in [-0.2, -0.15) is 0 Å². The highest BCUT2D eigenvalue weighted by molar-refractivity contribution is 5.43. The molecule has 6 nitrogen and oxygen atoms in total. The van der Waals surface area contributed by atoms with Gasteiger partial charge >= 0.3 is 0 Å². The second kappa shape index (κ2) is 7.08. The highest BCUT2D eigenvalue weighted by atomic mass is 16.5. The van der Waals surface area contributed by atoms with Crippen LogP contribution >= 0.6 is 0 Å². The largest absolute Gasteiger partial charge is 0.493 e. The molecule has 0 aliphatic carbocycles. The minimum Gasteiger partial charge on any atom is -0.493 e. The number of aryl methyl sites for hydroxylation is 1. The zero-order valence-electron chi connectivity index (χ0n) is 12.7. The molecular formula is C15H22N4O2. The van der Waals surface area contributed by atoms with Crippen LogP contribution in [0.2, 0.25) is 0 Å². The van der Waals surface area contributed by atoms with E-state index in [0.29, 0.717) is 18.1 Å². The first-order chi connectivity index (χ1) is 10.1. The summed E-state index contributed by atoms with van der Waals surface area (Å²) in [7, 11) is 3.46. The molecule has 21 heavy (non-hydrogen) atoms. The van der Waals surface area contributed by atoms with Crippen molar-refractivity contribution in [1.29, 1.82) is 0 Å². The smallest absolute Gasteiger partial charge is 0.161 e. The Morgan fingerprint density at radius 3 is 2.76 bits per heavy atom. The van der Waals surface area contributed by atoms with Crippen LogP contribution in [0, 0.1) is 0 Å². The fraction of sp³-hybridized carbons (Fsp3) is 0.467. The molecule has 0 saturated carbocycles. The Hall–Kier alpha value is -2.08. The third-order valence-electron chi connectivity index (χ3n) is 3.28. The molecule has 0 spiro atoms. The molecule has 0 saturated heterocycles. The lowest BCUT2D eigenvalue weighted by Gasteiger charge is -2.13. The van der Waals surface area contributed by atoms with Crippen LogP contribution in [-0.2, 0) is 20.1 Å². The summed E-state index contributed by atoms with van der Waals surface area (Å²) in [6, 6.07) is 6.07. The summed E-state index contributed by atoms with van der Waals surface area (Å²) in [5, 5.41) is 7.85. The number of ether oxygens (including phenoxy) is 2. The first-order valence-electron chi connectivity index (χ1n) is 7.02. The third-order valence-corrected chi connectivity index (χ3v) is 3.28. The molecule has 2 rings (SSSR count). The number of nitrogens with two attached hydrogens (primary N) is 1. The minimum absolute atomic E-state index is 0.168. The molecule has 0 fully saturated rings. The van der Waals surface area contributed by atoms with Crippen molar-refractivity contribution in [2.75, 3.05) is 7.11 Å². The summed E-state index contributed by atoms with van der Waals surface area (Å²) >= 11 is 0. The molecule has 1 atom stereocenters. The average molecular weight is 290 g/mol. The Labute approximate surface area is 124 Å². The maximum atomic E-state index is 5.98. The standard InChI is InChI=1S/C15H22N4O2/c1-4-12(16)7-11-5-6-14(15(8-11)20-3)21-10-13-9-19(2)18-17-13/h5-6,8-9,12H,4,7,10,16H2,1-3H3.